The lowest BCUT2D eigenvalue weighted by molar-refractivity contribution is -0.151. The number of methoxy groups -OCH3 is 2. The van der Waals surface area contributed by atoms with Gasteiger partial charge >= 0.3 is 5.97 Å². The molecule has 5 nitrogen and oxygen atoms in total. The van der Waals surface area contributed by atoms with Crippen molar-refractivity contribution in [3.8, 4) is 5.75 Å². The zero-order valence-electron chi connectivity index (χ0n) is 15.5. The molecule has 4 atom stereocenters. The van der Waals surface area contributed by atoms with Gasteiger partial charge in [0.1, 0.15) is 5.75 Å². The van der Waals surface area contributed by atoms with Crippen molar-refractivity contribution in [1.82, 2.24) is 4.90 Å². The minimum Gasteiger partial charge on any atom is -0.497 e. The van der Waals surface area contributed by atoms with Crippen molar-refractivity contribution in [3.05, 3.63) is 35.4 Å². The first-order valence-corrected chi connectivity index (χ1v) is 9.38. The molecule has 1 aliphatic carbocycles. The van der Waals surface area contributed by atoms with E-state index >= 15 is 0 Å². The highest BCUT2D eigenvalue weighted by atomic mass is 16.5. The van der Waals surface area contributed by atoms with Gasteiger partial charge in [-0.3, -0.25) is 14.7 Å². The molecule has 3 bridgehead atoms. The van der Waals surface area contributed by atoms with E-state index in [1.807, 2.05) is 12.1 Å². The summed E-state index contributed by atoms with van der Waals surface area (Å²) in [7, 11) is 3.19. The van der Waals surface area contributed by atoms with Gasteiger partial charge in [0.2, 0.25) is 0 Å². The van der Waals surface area contributed by atoms with E-state index in [2.05, 4.69) is 24.0 Å². The van der Waals surface area contributed by atoms with Gasteiger partial charge in [0, 0.05) is 30.9 Å². The number of nitrogens with zero attached hydrogens (tertiary/aromatic N) is 2. The summed E-state index contributed by atoms with van der Waals surface area (Å²) in [5, 5.41) is 0. The number of aliphatic imine (C=N–C) groups is 1. The van der Waals surface area contributed by atoms with Crippen molar-refractivity contribution in [2.45, 2.75) is 31.2 Å². The zero-order valence-corrected chi connectivity index (χ0v) is 15.5. The number of allylic oxidation sites excluding steroid dienone is 1. The second kappa shape index (κ2) is 5.43. The van der Waals surface area contributed by atoms with Crippen molar-refractivity contribution in [2.75, 3.05) is 27.3 Å². The topological polar surface area (TPSA) is 51.1 Å². The molecular formula is C21H24N2O3. The van der Waals surface area contributed by atoms with Gasteiger partial charge in [0.15, 0.2) is 0 Å². The molecule has 136 valence electrons. The lowest BCUT2D eigenvalue weighted by Gasteiger charge is -2.59. The molecule has 5 heteroatoms. The second-order valence-electron chi connectivity index (χ2n) is 7.79. The van der Waals surface area contributed by atoms with E-state index in [0.717, 1.165) is 37.4 Å². The third kappa shape index (κ3) is 1.79. The van der Waals surface area contributed by atoms with E-state index < -0.39 is 0 Å². The summed E-state index contributed by atoms with van der Waals surface area (Å²) in [6.45, 7) is 4.02. The Hall–Kier alpha value is -2.14. The van der Waals surface area contributed by atoms with Crippen LogP contribution in [0.3, 0.4) is 0 Å². The van der Waals surface area contributed by atoms with Crippen molar-refractivity contribution in [1.29, 1.82) is 0 Å². The Morgan fingerprint density at radius 1 is 1.38 bits per heavy atom. The first kappa shape index (κ1) is 16.1. The minimum atomic E-state index is -0.326. The van der Waals surface area contributed by atoms with E-state index in [9.17, 15) is 4.79 Å². The largest absolute Gasteiger partial charge is 0.497 e. The molecule has 0 spiro atoms. The summed E-state index contributed by atoms with van der Waals surface area (Å²) in [6.07, 6.45) is 4.09. The smallest absolute Gasteiger partial charge is 0.310 e. The van der Waals surface area contributed by atoms with Gasteiger partial charge in [-0.15, -0.1) is 0 Å². The van der Waals surface area contributed by atoms with Crippen molar-refractivity contribution in [3.63, 3.8) is 0 Å². The maximum atomic E-state index is 13.0. The molecule has 1 aromatic rings. The summed E-state index contributed by atoms with van der Waals surface area (Å²) < 4.78 is 10.7. The molecule has 0 aromatic heterocycles. The summed E-state index contributed by atoms with van der Waals surface area (Å²) in [5.74, 6) is 0.760. The molecule has 3 aliphatic heterocycles. The Morgan fingerprint density at radius 3 is 2.96 bits per heavy atom. The van der Waals surface area contributed by atoms with Crippen LogP contribution in [0, 0.1) is 11.8 Å². The number of fused-ring (bicyclic) bond motifs is 2. The van der Waals surface area contributed by atoms with Gasteiger partial charge in [-0.05, 0) is 37.3 Å². The number of hydrogen-bond acceptors (Lipinski definition) is 5. The third-order valence-electron chi connectivity index (χ3n) is 7.03. The molecule has 3 heterocycles. The lowest BCUT2D eigenvalue weighted by atomic mass is 9.51. The first-order valence-electron chi connectivity index (χ1n) is 9.38. The van der Waals surface area contributed by atoms with Gasteiger partial charge in [0.05, 0.1) is 31.2 Å². The third-order valence-corrected chi connectivity index (χ3v) is 7.03. The van der Waals surface area contributed by atoms with E-state index in [1.54, 1.807) is 7.11 Å². The highest BCUT2D eigenvalue weighted by Crippen LogP contribution is 2.60. The van der Waals surface area contributed by atoms with Crippen LogP contribution in [0.4, 0.5) is 5.69 Å². The van der Waals surface area contributed by atoms with Gasteiger partial charge in [-0.1, -0.05) is 17.7 Å². The molecule has 26 heavy (non-hydrogen) atoms. The van der Waals surface area contributed by atoms with Crippen LogP contribution in [0.5, 0.6) is 5.75 Å². The maximum absolute atomic E-state index is 13.0. The lowest BCUT2D eigenvalue weighted by Crippen LogP contribution is -2.68. The molecular weight excluding hydrogens is 328 g/mol. The Kier molecular flexibility index (Phi) is 3.35. The Morgan fingerprint density at radius 2 is 2.23 bits per heavy atom. The summed E-state index contributed by atoms with van der Waals surface area (Å²) in [4.78, 5) is 20.6. The number of benzene rings is 1. The number of carbonyl (C=O) groups is 1. The van der Waals surface area contributed by atoms with Gasteiger partial charge < -0.3 is 9.47 Å². The first-order chi connectivity index (χ1) is 12.6. The fraction of sp³-hybridized carbons (Fsp3) is 0.524. The molecule has 0 radical (unpaired) electrons. The molecule has 4 aliphatic rings. The van der Waals surface area contributed by atoms with Crippen LogP contribution in [0.2, 0.25) is 0 Å². The van der Waals surface area contributed by atoms with E-state index in [0.29, 0.717) is 6.04 Å². The van der Waals surface area contributed by atoms with Gasteiger partial charge in [-0.25, -0.2) is 0 Å². The minimum absolute atomic E-state index is 0.0977. The van der Waals surface area contributed by atoms with Crippen LogP contribution in [-0.4, -0.2) is 49.9 Å². The van der Waals surface area contributed by atoms with Gasteiger partial charge in [0.25, 0.3) is 0 Å². The standard InChI is InChI=1S/C21H24N2O3/c1-4-12-11-23-8-7-21-15-6-5-13(25-2)9-16(15)22-19(21)17(23)10-14(12)18(21)20(24)26-3/h4-6,9,14,17-18H,7-8,10-11H2,1-3H3/t14-,17-,18-,21-/m0/s1. The SMILES string of the molecule is CC=C1CN2CC[C@]34C(=Nc5cc(OC)ccc53)[C@@H]2C[C@@H]1[C@H]4C(=O)OC. The van der Waals surface area contributed by atoms with E-state index in [1.165, 1.54) is 24.0 Å². The highest BCUT2D eigenvalue weighted by molar-refractivity contribution is 6.09. The van der Waals surface area contributed by atoms with Gasteiger partial charge in [-0.2, -0.15) is 0 Å². The highest BCUT2D eigenvalue weighted by Gasteiger charge is 2.65. The summed E-state index contributed by atoms with van der Waals surface area (Å²) in [5.41, 5.74) is 4.36. The summed E-state index contributed by atoms with van der Waals surface area (Å²) in [6, 6.07) is 6.45. The summed E-state index contributed by atoms with van der Waals surface area (Å²) >= 11 is 0. The number of rotatable bonds is 2. The molecule has 0 unspecified atom stereocenters. The molecule has 5 rings (SSSR count). The zero-order chi connectivity index (χ0) is 18.1. The predicted molar refractivity (Wildman–Crippen MR) is 99.1 cm³/mol. The second-order valence-corrected chi connectivity index (χ2v) is 7.79. The normalized spacial score (nSPS) is 35.7. The number of hydrogen-bond donors (Lipinski definition) is 0. The molecule has 0 amide bonds. The van der Waals surface area contributed by atoms with Crippen LogP contribution in [-0.2, 0) is 14.9 Å². The Bertz CT molecular complexity index is 859. The Balaban J connectivity index is 1.76. The quantitative estimate of drug-likeness (QED) is 0.607. The maximum Gasteiger partial charge on any atom is 0.310 e. The van der Waals surface area contributed by atoms with Crippen LogP contribution in [0.15, 0.2) is 34.8 Å². The van der Waals surface area contributed by atoms with Crippen LogP contribution in [0.25, 0.3) is 0 Å². The molecule has 3 fully saturated rings. The van der Waals surface area contributed by atoms with Crippen LogP contribution in [0.1, 0.15) is 25.3 Å². The van der Waals surface area contributed by atoms with Crippen LogP contribution < -0.4 is 4.74 Å². The number of esters is 1. The number of ether oxygens (including phenoxy) is 2. The van der Waals surface area contributed by atoms with E-state index in [-0.39, 0.29) is 23.2 Å². The Labute approximate surface area is 153 Å². The van der Waals surface area contributed by atoms with Crippen molar-refractivity contribution < 1.29 is 14.3 Å². The number of carbonyl (C=O) groups excluding carboxylic acids is 1. The molecule has 1 aromatic carbocycles. The fourth-order valence-electron chi connectivity index (χ4n) is 5.93. The van der Waals surface area contributed by atoms with E-state index in [4.69, 9.17) is 14.5 Å². The fourth-order valence-corrected chi connectivity index (χ4v) is 5.93. The van der Waals surface area contributed by atoms with Crippen molar-refractivity contribution in [2.24, 2.45) is 16.8 Å². The molecule has 2 saturated heterocycles. The average molecular weight is 352 g/mol. The average Bonchev–Trinajstić information content (AvgIpc) is 3.01. The van der Waals surface area contributed by atoms with Crippen LogP contribution >= 0.6 is 0 Å². The molecule has 0 N–H and O–H groups in total. The predicted octanol–water partition coefficient (Wildman–Crippen LogP) is 2.86. The van der Waals surface area contributed by atoms with Crippen molar-refractivity contribution >= 4 is 17.4 Å². The number of piperidine rings is 2. The molecule has 1 saturated carbocycles. The monoisotopic (exact) mass is 352 g/mol.